The zero-order valence-corrected chi connectivity index (χ0v) is 12.7. The van der Waals surface area contributed by atoms with Gasteiger partial charge >= 0.3 is 0 Å². The van der Waals surface area contributed by atoms with Crippen LogP contribution in [0.15, 0.2) is 35.2 Å². The Labute approximate surface area is 122 Å². The van der Waals surface area contributed by atoms with E-state index >= 15 is 0 Å². The Morgan fingerprint density at radius 2 is 1.90 bits per heavy atom. The lowest BCUT2D eigenvalue weighted by atomic mass is 10.2. The van der Waals surface area contributed by atoms with E-state index in [2.05, 4.69) is 24.4 Å². The van der Waals surface area contributed by atoms with Crippen LogP contribution in [0.5, 0.6) is 0 Å². The van der Waals surface area contributed by atoms with Crippen LogP contribution in [0.3, 0.4) is 0 Å². The number of sulfonamides is 1. The zero-order valence-electron chi connectivity index (χ0n) is 11.1. The fourth-order valence-corrected chi connectivity index (χ4v) is 3.42. The first-order chi connectivity index (χ1) is 9.41. The molecule has 2 aromatic rings. The number of thiophene rings is 1. The maximum Gasteiger partial charge on any atom is 0.240 e. The van der Waals surface area contributed by atoms with E-state index in [4.69, 9.17) is 10.9 Å². The van der Waals surface area contributed by atoms with E-state index < -0.39 is 10.0 Å². The number of benzene rings is 1. The van der Waals surface area contributed by atoms with Crippen LogP contribution in [-0.2, 0) is 23.0 Å². The van der Waals surface area contributed by atoms with Crippen molar-refractivity contribution in [2.75, 3.05) is 11.1 Å². The molecule has 0 bridgehead atoms. The van der Waals surface area contributed by atoms with Gasteiger partial charge in [-0.05, 0) is 30.7 Å². The van der Waals surface area contributed by atoms with E-state index in [1.165, 1.54) is 15.8 Å². The third kappa shape index (κ3) is 3.30. The maximum absolute atomic E-state index is 11.4. The molecule has 0 atom stereocenters. The highest BCUT2D eigenvalue weighted by atomic mass is 32.2. The molecule has 108 valence electrons. The maximum atomic E-state index is 11.4. The number of primary sulfonamides is 1. The summed E-state index contributed by atoms with van der Waals surface area (Å²) in [6, 6.07) is 8.89. The summed E-state index contributed by atoms with van der Waals surface area (Å²) in [6.07, 6.45) is 1.01. The summed E-state index contributed by atoms with van der Waals surface area (Å²) in [5.41, 5.74) is 6.57. The van der Waals surface area contributed by atoms with Gasteiger partial charge in [-0.25, -0.2) is 13.6 Å². The van der Waals surface area contributed by atoms with Gasteiger partial charge in [0.25, 0.3) is 0 Å². The smallest absolute Gasteiger partial charge is 0.240 e. The molecule has 7 heteroatoms. The quantitative estimate of drug-likeness (QED) is 0.737. The van der Waals surface area contributed by atoms with Crippen LogP contribution in [0.25, 0.3) is 0 Å². The SMILES string of the molecule is CCc1ccc(CNc2cccc(S(N)(=O)=O)c2N)s1. The third-order valence-electron chi connectivity index (χ3n) is 2.89. The molecule has 0 saturated carbocycles. The van der Waals surface area contributed by atoms with E-state index in [-0.39, 0.29) is 10.6 Å². The average molecular weight is 311 g/mol. The molecular formula is C13H17N3O2S2. The number of hydrogen-bond donors (Lipinski definition) is 3. The van der Waals surface area contributed by atoms with Crippen LogP contribution in [0, 0.1) is 0 Å². The fourth-order valence-electron chi connectivity index (χ4n) is 1.84. The molecule has 0 amide bonds. The van der Waals surface area contributed by atoms with Gasteiger partial charge in [-0.1, -0.05) is 13.0 Å². The van der Waals surface area contributed by atoms with Crippen molar-refractivity contribution in [1.82, 2.24) is 0 Å². The van der Waals surface area contributed by atoms with E-state index in [0.29, 0.717) is 12.2 Å². The molecule has 0 saturated heterocycles. The minimum atomic E-state index is -3.80. The van der Waals surface area contributed by atoms with E-state index in [0.717, 1.165) is 6.42 Å². The van der Waals surface area contributed by atoms with Crippen LogP contribution in [-0.4, -0.2) is 8.42 Å². The zero-order chi connectivity index (χ0) is 14.8. The summed E-state index contributed by atoms with van der Waals surface area (Å²) in [5, 5.41) is 8.27. The van der Waals surface area contributed by atoms with Crippen molar-refractivity contribution in [3.05, 3.63) is 40.1 Å². The number of anilines is 2. The fraction of sp³-hybridized carbons (Fsp3) is 0.231. The van der Waals surface area contributed by atoms with Crippen molar-refractivity contribution < 1.29 is 8.42 Å². The Hall–Kier alpha value is -1.57. The largest absolute Gasteiger partial charge is 0.396 e. The standard InChI is InChI=1S/C13H17N3O2S2/c1-2-9-6-7-10(19-9)8-16-11-4-3-5-12(13(11)14)20(15,17)18/h3-7,16H,2,8,14H2,1H3,(H2,15,17,18). The second kappa shape index (κ2) is 5.82. The monoisotopic (exact) mass is 311 g/mol. The van der Waals surface area contributed by atoms with Crippen molar-refractivity contribution >= 4 is 32.7 Å². The van der Waals surface area contributed by atoms with Gasteiger partial charge in [0.1, 0.15) is 4.90 Å². The first-order valence-electron chi connectivity index (χ1n) is 6.14. The Bertz CT molecular complexity index is 708. The van der Waals surface area contributed by atoms with E-state index in [9.17, 15) is 8.42 Å². The highest BCUT2D eigenvalue weighted by Gasteiger charge is 2.14. The van der Waals surface area contributed by atoms with Crippen molar-refractivity contribution in [3.63, 3.8) is 0 Å². The summed E-state index contributed by atoms with van der Waals surface area (Å²) in [5.74, 6) is 0. The van der Waals surface area contributed by atoms with Crippen molar-refractivity contribution in [2.45, 2.75) is 24.8 Å². The molecule has 0 unspecified atom stereocenters. The van der Waals surface area contributed by atoms with Crippen LogP contribution in [0.1, 0.15) is 16.7 Å². The number of nitrogens with two attached hydrogens (primary N) is 2. The highest BCUT2D eigenvalue weighted by molar-refractivity contribution is 7.89. The first kappa shape index (κ1) is 14.8. The normalized spacial score (nSPS) is 11.5. The predicted octanol–water partition coefficient (Wildman–Crippen LogP) is 2.15. The van der Waals surface area contributed by atoms with Gasteiger partial charge in [0.2, 0.25) is 10.0 Å². The van der Waals surface area contributed by atoms with Gasteiger partial charge in [-0.3, -0.25) is 0 Å². The Balaban J connectivity index is 2.18. The number of hydrogen-bond acceptors (Lipinski definition) is 5. The topological polar surface area (TPSA) is 98.2 Å². The summed E-state index contributed by atoms with van der Waals surface area (Å²) < 4.78 is 22.8. The van der Waals surface area contributed by atoms with Gasteiger partial charge < -0.3 is 11.1 Å². The Morgan fingerprint density at radius 1 is 1.20 bits per heavy atom. The minimum absolute atomic E-state index is 0.0528. The van der Waals surface area contributed by atoms with Gasteiger partial charge in [0, 0.05) is 16.3 Å². The average Bonchev–Trinajstić information content (AvgIpc) is 2.84. The molecule has 5 nitrogen and oxygen atoms in total. The summed E-state index contributed by atoms with van der Waals surface area (Å²) in [4.78, 5) is 2.43. The molecule has 1 aromatic heterocycles. The summed E-state index contributed by atoms with van der Waals surface area (Å²) in [6.45, 7) is 2.71. The number of nitrogen functional groups attached to an aromatic ring is 1. The van der Waals surface area contributed by atoms with Crippen molar-refractivity contribution in [2.24, 2.45) is 5.14 Å². The Kier molecular flexibility index (Phi) is 4.32. The molecule has 0 radical (unpaired) electrons. The number of rotatable bonds is 5. The molecule has 5 N–H and O–H groups in total. The summed E-state index contributed by atoms with van der Waals surface area (Å²) in [7, 11) is -3.80. The molecule has 1 heterocycles. The molecule has 0 aliphatic rings. The van der Waals surface area contributed by atoms with Crippen molar-refractivity contribution in [1.29, 1.82) is 0 Å². The number of nitrogens with one attached hydrogen (secondary N) is 1. The third-order valence-corrected chi connectivity index (χ3v) is 5.09. The lowest BCUT2D eigenvalue weighted by molar-refractivity contribution is 0.598. The molecule has 2 rings (SSSR count). The Morgan fingerprint density at radius 3 is 2.50 bits per heavy atom. The van der Waals surface area contributed by atoms with E-state index in [1.54, 1.807) is 23.5 Å². The molecule has 0 aliphatic heterocycles. The molecular weight excluding hydrogens is 294 g/mol. The van der Waals surface area contributed by atoms with Crippen LogP contribution >= 0.6 is 11.3 Å². The predicted molar refractivity (Wildman–Crippen MR) is 83.3 cm³/mol. The van der Waals surface area contributed by atoms with Crippen molar-refractivity contribution in [3.8, 4) is 0 Å². The second-order valence-corrected chi connectivity index (χ2v) is 7.12. The minimum Gasteiger partial charge on any atom is -0.396 e. The number of aryl methyl sites for hydroxylation is 1. The van der Waals surface area contributed by atoms with Crippen LogP contribution in [0.4, 0.5) is 11.4 Å². The van der Waals surface area contributed by atoms with Crippen LogP contribution in [0.2, 0.25) is 0 Å². The molecule has 0 spiro atoms. The lowest BCUT2D eigenvalue weighted by Crippen LogP contribution is -2.15. The summed E-state index contributed by atoms with van der Waals surface area (Å²) >= 11 is 1.72. The van der Waals surface area contributed by atoms with Gasteiger partial charge in [0.05, 0.1) is 11.4 Å². The number of para-hydroxylation sites is 1. The molecule has 20 heavy (non-hydrogen) atoms. The molecule has 0 aliphatic carbocycles. The van der Waals surface area contributed by atoms with Gasteiger partial charge in [0.15, 0.2) is 0 Å². The molecule has 1 aromatic carbocycles. The van der Waals surface area contributed by atoms with Gasteiger partial charge in [-0.2, -0.15) is 0 Å². The first-order valence-corrected chi connectivity index (χ1v) is 8.51. The van der Waals surface area contributed by atoms with E-state index in [1.807, 2.05) is 0 Å². The second-order valence-electron chi connectivity index (χ2n) is 4.34. The molecule has 0 fully saturated rings. The van der Waals surface area contributed by atoms with Gasteiger partial charge in [-0.15, -0.1) is 11.3 Å². The highest BCUT2D eigenvalue weighted by Crippen LogP contribution is 2.27. The van der Waals surface area contributed by atoms with Crippen LogP contribution < -0.4 is 16.2 Å². The lowest BCUT2D eigenvalue weighted by Gasteiger charge is -2.11.